The predicted molar refractivity (Wildman–Crippen MR) is 74.5 cm³/mol. The Labute approximate surface area is 113 Å². The van der Waals surface area contributed by atoms with Gasteiger partial charge in [-0.1, -0.05) is 0 Å². The van der Waals surface area contributed by atoms with Gasteiger partial charge in [-0.2, -0.15) is 0 Å². The molecule has 1 aromatic rings. The Hall–Kier alpha value is -0.410. The molecule has 4 fully saturated rings. The van der Waals surface area contributed by atoms with Crippen molar-refractivity contribution in [3.8, 4) is 0 Å². The van der Waals surface area contributed by atoms with Gasteiger partial charge in [0.25, 0.3) is 0 Å². The van der Waals surface area contributed by atoms with Gasteiger partial charge in [0.05, 0.1) is 10.7 Å². The summed E-state index contributed by atoms with van der Waals surface area (Å²) in [6.45, 7) is 2.76. The lowest BCUT2D eigenvalue weighted by Crippen LogP contribution is -2.43. The molecule has 0 saturated heterocycles. The summed E-state index contributed by atoms with van der Waals surface area (Å²) in [7, 11) is 0. The van der Waals surface area contributed by atoms with E-state index in [1.54, 1.807) is 4.88 Å². The maximum Gasteiger partial charge on any atom is 0.0900 e. The van der Waals surface area contributed by atoms with Crippen molar-refractivity contribution in [3.05, 3.63) is 15.6 Å². The predicted octanol–water partition coefficient (Wildman–Crippen LogP) is 3.45. The van der Waals surface area contributed by atoms with Crippen molar-refractivity contribution in [1.29, 1.82) is 0 Å². The lowest BCUT2D eigenvalue weighted by Gasteiger charge is -2.54. The van der Waals surface area contributed by atoms with Gasteiger partial charge in [0.15, 0.2) is 0 Å². The first-order chi connectivity index (χ1) is 8.74. The highest BCUT2D eigenvalue weighted by atomic mass is 32.1. The third-order valence-electron chi connectivity index (χ3n) is 5.56. The minimum atomic E-state index is 0.627. The Balaban J connectivity index is 1.72. The summed E-state index contributed by atoms with van der Waals surface area (Å²) in [6, 6.07) is 0. The van der Waals surface area contributed by atoms with Crippen molar-refractivity contribution in [2.24, 2.45) is 29.4 Å². The van der Waals surface area contributed by atoms with Crippen LogP contribution in [0.2, 0.25) is 0 Å². The monoisotopic (exact) mass is 262 g/mol. The molecule has 2 N–H and O–H groups in total. The number of nitrogens with two attached hydrogens (primary N) is 1. The highest BCUT2D eigenvalue weighted by Crippen LogP contribution is 2.60. The lowest BCUT2D eigenvalue weighted by molar-refractivity contribution is -0.00193. The number of hydrogen-bond acceptors (Lipinski definition) is 3. The molecule has 0 aromatic carbocycles. The molecule has 4 saturated carbocycles. The van der Waals surface area contributed by atoms with Gasteiger partial charge >= 0.3 is 0 Å². The van der Waals surface area contributed by atoms with Crippen molar-refractivity contribution in [3.63, 3.8) is 0 Å². The third kappa shape index (κ3) is 1.60. The van der Waals surface area contributed by atoms with E-state index in [-0.39, 0.29) is 0 Å². The van der Waals surface area contributed by atoms with Crippen LogP contribution in [-0.4, -0.2) is 4.98 Å². The summed E-state index contributed by atoms with van der Waals surface area (Å²) >= 11 is 1.93. The van der Waals surface area contributed by atoms with E-state index in [2.05, 4.69) is 11.9 Å². The Kier molecular flexibility index (Phi) is 2.56. The molecule has 0 spiro atoms. The number of aromatic nitrogens is 1. The van der Waals surface area contributed by atoms with Gasteiger partial charge in [-0.3, -0.25) is 0 Å². The van der Waals surface area contributed by atoms with Crippen molar-refractivity contribution >= 4 is 11.3 Å². The Bertz CT molecular complexity index is 437. The van der Waals surface area contributed by atoms with Crippen molar-refractivity contribution in [2.75, 3.05) is 0 Å². The summed E-state index contributed by atoms with van der Waals surface area (Å²) in [5.41, 5.74) is 7.10. The molecule has 98 valence electrons. The Morgan fingerprint density at radius 2 is 1.72 bits per heavy atom. The average Bonchev–Trinajstić information content (AvgIpc) is 2.69. The molecule has 18 heavy (non-hydrogen) atoms. The number of thiazole rings is 1. The fourth-order valence-corrected chi connectivity index (χ4v) is 6.49. The first kappa shape index (κ1) is 11.4. The van der Waals surface area contributed by atoms with Gasteiger partial charge in [0.2, 0.25) is 0 Å². The average molecular weight is 262 g/mol. The van der Waals surface area contributed by atoms with E-state index >= 15 is 0 Å². The molecular formula is C15H22N2S. The van der Waals surface area contributed by atoms with Crippen LogP contribution in [0.3, 0.4) is 0 Å². The van der Waals surface area contributed by atoms with Crippen LogP contribution in [0.4, 0.5) is 0 Å². The second kappa shape index (κ2) is 4.04. The Morgan fingerprint density at radius 1 is 1.11 bits per heavy atom. The van der Waals surface area contributed by atoms with Crippen LogP contribution in [0, 0.1) is 30.6 Å². The number of aryl methyl sites for hydroxylation is 1. The zero-order chi connectivity index (χ0) is 12.3. The summed E-state index contributed by atoms with van der Waals surface area (Å²) in [4.78, 5) is 6.21. The summed E-state index contributed by atoms with van der Waals surface area (Å²) in [5.74, 6) is 4.82. The van der Waals surface area contributed by atoms with E-state index in [9.17, 15) is 0 Å². The first-order valence-corrected chi connectivity index (χ1v) is 8.22. The van der Waals surface area contributed by atoms with Crippen LogP contribution in [0.25, 0.3) is 0 Å². The molecule has 4 aliphatic carbocycles. The molecule has 0 radical (unpaired) electrons. The van der Waals surface area contributed by atoms with Crippen molar-refractivity contribution in [2.45, 2.75) is 51.5 Å². The molecule has 0 atom stereocenters. The standard InChI is InChI=1S/C15H22N2S/c1-8-17-13(7-16)15(18-8)14-11-3-9-2-10(5-11)6-12(14)4-9/h9-12,14H,2-7,16H2,1H3. The highest BCUT2D eigenvalue weighted by molar-refractivity contribution is 7.11. The molecule has 1 heterocycles. The topological polar surface area (TPSA) is 38.9 Å². The second-order valence-corrected chi connectivity index (χ2v) is 7.94. The highest BCUT2D eigenvalue weighted by Gasteiger charge is 2.49. The normalized spacial score (nSPS) is 41.6. The molecule has 0 unspecified atom stereocenters. The molecule has 0 amide bonds. The fraction of sp³-hybridized carbons (Fsp3) is 0.800. The van der Waals surface area contributed by atoms with Gasteiger partial charge in [0, 0.05) is 17.3 Å². The summed E-state index contributed by atoms with van der Waals surface area (Å²) in [6.07, 6.45) is 7.47. The number of hydrogen-bond donors (Lipinski definition) is 1. The van der Waals surface area contributed by atoms with E-state index < -0.39 is 0 Å². The second-order valence-electron chi connectivity index (χ2n) is 6.70. The van der Waals surface area contributed by atoms with E-state index in [0.717, 1.165) is 29.6 Å². The van der Waals surface area contributed by atoms with Gasteiger partial charge in [0.1, 0.15) is 0 Å². The van der Waals surface area contributed by atoms with Crippen LogP contribution in [0.5, 0.6) is 0 Å². The first-order valence-electron chi connectivity index (χ1n) is 7.41. The fourth-order valence-electron chi connectivity index (χ4n) is 5.25. The molecule has 4 bridgehead atoms. The van der Waals surface area contributed by atoms with Crippen LogP contribution in [-0.2, 0) is 6.54 Å². The lowest BCUT2D eigenvalue weighted by atomic mass is 9.51. The number of rotatable bonds is 2. The quantitative estimate of drug-likeness (QED) is 0.886. The van der Waals surface area contributed by atoms with Gasteiger partial charge in [-0.05, 0) is 62.7 Å². The summed E-state index contributed by atoms with van der Waals surface area (Å²) < 4.78 is 0. The van der Waals surface area contributed by atoms with Gasteiger partial charge < -0.3 is 5.73 Å². The van der Waals surface area contributed by atoms with Crippen LogP contribution in [0.15, 0.2) is 0 Å². The largest absolute Gasteiger partial charge is 0.325 e. The molecule has 3 heteroatoms. The summed E-state index contributed by atoms with van der Waals surface area (Å²) in [5, 5.41) is 1.21. The van der Waals surface area contributed by atoms with E-state index in [4.69, 9.17) is 5.73 Å². The zero-order valence-corrected chi connectivity index (χ0v) is 11.9. The number of nitrogens with zero attached hydrogens (tertiary/aromatic N) is 1. The minimum Gasteiger partial charge on any atom is -0.325 e. The molecule has 1 aromatic heterocycles. The maximum atomic E-state index is 5.90. The van der Waals surface area contributed by atoms with E-state index in [0.29, 0.717) is 6.54 Å². The van der Waals surface area contributed by atoms with Crippen LogP contribution >= 0.6 is 11.3 Å². The van der Waals surface area contributed by atoms with Gasteiger partial charge in [-0.15, -0.1) is 11.3 Å². The van der Waals surface area contributed by atoms with Crippen LogP contribution < -0.4 is 5.73 Å². The SMILES string of the molecule is Cc1nc(CN)c(C2C3CC4CC(C3)CC2C4)s1. The van der Waals surface area contributed by atoms with Crippen molar-refractivity contribution in [1.82, 2.24) is 4.98 Å². The molecule has 4 aliphatic rings. The van der Waals surface area contributed by atoms with Crippen LogP contribution in [0.1, 0.15) is 53.6 Å². The van der Waals surface area contributed by atoms with E-state index in [1.807, 2.05) is 11.3 Å². The van der Waals surface area contributed by atoms with Crippen molar-refractivity contribution < 1.29 is 0 Å². The van der Waals surface area contributed by atoms with Gasteiger partial charge in [-0.25, -0.2) is 4.98 Å². The maximum absolute atomic E-state index is 5.90. The molecule has 0 aliphatic heterocycles. The minimum absolute atomic E-state index is 0.627. The van der Waals surface area contributed by atoms with E-state index in [1.165, 1.54) is 42.8 Å². The third-order valence-corrected chi connectivity index (χ3v) is 6.67. The zero-order valence-electron chi connectivity index (χ0n) is 11.1. The molecule has 5 rings (SSSR count). The molecular weight excluding hydrogens is 240 g/mol. The molecule has 2 nitrogen and oxygen atoms in total. The smallest absolute Gasteiger partial charge is 0.0900 e. The Morgan fingerprint density at radius 3 is 2.28 bits per heavy atom.